The molecule has 0 amide bonds. The molecule has 0 saturated heterocycles. The topological polar surface area (TPSA) is 38.2 Å². The van der Waals surface area contributed by atoms with Crippen molar-refractivity contribution in [3.05, 3.63) is 83.0 Å². The van der Waals surface area contributed by atoms with Gasteiger partial charge in [-0.2, -0.15) is 13.2 Å². The molecule has 0 aliphatic rings. The molecular formula is C24H21ClF3N3OS. The SMILES string of the molecule is CNCc1cn(Sc2cccc(OC)c2)c2cc(Nc3ccc(Cl)cc3C(F)(F)F)ccc12. The first-order valence-electron chi connectivity index (χ1n) is 10.0. The van der Waals surface area contributed by atoms with Gasteiger partial charge in [0, 0.05) is 33.7 Å². The molecule has 0 unspecified atom stereocenters. The van der Waals surface area contributed by atoms with Gasteiger partial charge >= 0.3 is 6.18 Å². The van der Waals surface area contributed by atoms with Crippen molar-refractivity contribution in [3.8, 4) is 5.75 Å². The van der Waals surface area contributed by atoms with Crippen molar-refractivity contribution in [2.24, 2.45) is 0 Å². The number of methoxy groups -OCH3 is 1. The lowest BCUT2D eigenvalue weighted by atomic mass is 10.1. The average molecular weight is 492 g/mol. The summed E-state index contributed by atoms with van der Waals surface area (Å²) in [6.45, 7) is 0.657. The lowest BCUT2D eigenvalue weighted by molar-refractivity contribution is -0.136. The molecule has 0 aliphatic heterocycles. The molecule has 0 atom stereocenters. The van der Waals surface area contributed by atoms with E-state index in [9.17, 15) is 13.2 Å². The molecule has 4 aromatic rings. The second kappa shape index (κ2) is 9.59. The molecule has 0 bridgehead atoms. The normalized spacial score (nSPS) is 11.7. The number of ether oxygens (including phenoxy) is 1. The lowest BCUT2D eigenvalue weighted by Gasteiger charge is -2.15. The number of benzene rings is 3. The Labute approximate surface area is 198 Å². The molecule has 3 aromatic carbocycles. The van der Waals surface area contributed by atoms with E-state index in [0.717, 1.165) is 33.2 Å². The largest absolute Gasteiger partial charge is 0.497 e. The van der Waals surface area contributed by atoms with Gasteiger partial charge in [-0.3, -0.25) is 3.97 Å². The van der Waals surface area contributed by atoms with Crippen LogP contribution in [-0.4, -0.2) is 18.1 Å². The Morgan fingerprint density at radius 3 is 2.61 bits per heavy atom. The summed E-state index contributed by atoms with van der Waals surface area (Å²) < 4.78 is 47.9. The van der Waals surface area contributed by atoms with Crippen LogP contribution in [0.1, 0.15) is 11.1 Å². The van der Waals surface area contributed by atoms with Gasteiger partial charge in [-0.1, -0.05) is 23.7 Å². The van der Waals surface area contributed by atoms with Crippen LogP contribution in [-0.2, 0) is 12.7 Å². The summed E-state index contributed by atoms with van der Waals surface area (Å²) in [4.78, 5) is 0.970. The van der Waals surface area contributed by atoms with E-state index in [4.69, 9.17) is 16.3 Å². The third-order valence-corrected chi connectivity index (χ3v) is 6.23. The zero-order valence-corrected chi connectivity index (χ0v) is 19.4. The fourth-order valence-electron chi connectivity index (χ4n) is 3.54. The maximum atomic E-state index is 13.5. The smallest absolute Gasteiger partial charge is 0.418 e. The van der Waals surface area contributed by atoms with Gasteiger partial charge in [0.05, 0.1) is 23.9 Å². The van der Waals surface area contributed by atoms with E-state index in [1.54, 1.807) is 13.2 Å². The molecule has 9 heteroatoms. The molecule has 0 saturated carbocycles. The van der Waals surface area contributed by atoms with E-state index in [1.807, 2.05) is 53.6 Å². The summed E-state index contributed by atoms with van der Waals surface area (Å²) in [5, 5.41) is 7.11. The van der Waals surface area contributed by atoms with Gasteiger partial charge in [0.1, 0.15) is 5.75 Å². The molecule has 1 heterocycles. The first-order chi connectivity index (χ1) is 15.8. The quantitative estimate of drug-likeness (QED) is 0.283. The number of halogens is 4. The van der Waals surface area contributed by atoms with E-state index in [2.05, 4.69) is 10.6 Å². The maximum absolute atomic E-state index is 13.5. The highest BCUT2D eigenvalue weighted by molar-refractivity contribution is 7.98. The van der Waals surface area contributed by atoms with Crippen LogP contribution in [0.15, 0.2) is 71.8 Å². The molecule has 0 spiro atoms. The van der Waals surface area contributed by atoms with E-state index in [0.29, 0.717) is 12.2 Å². The van der Waals surface area contributed by atoms with Gasteiger partial charge < -0.3 is 15.4 Å². The highest BCUT2D eigenvalue weighted by atomic mass is 35.5. The molecular weight excluding hydrogens is 471 g/mol. The van der Waals surface area contributed by atoms with Crippen LogP contribution in [0.4, 0.5) is 24.5 Å². The van der Waals surface area contributed by atoms with E-state index in [-0.39, 0.29) is 10.7 Å². The maximum Gasteiger partial charge on any atom is 0.418 e. The third-order valence-electron chi connectivity index (χ3n) is 5.03. The molecule has 0 radical (unpaired) electrons. The summed E-state index contributed by atoms with van der Waals surface area (Å²) in [6, 6.07) is 16.9. The highest BCUT2D eigenvalue weighted by Crippen LogP contribution is 2.39. The number of nitrogens with zero attached hydrogens (tertiary/aromatic N) is 1. The van der Waals surface area contributed by atoms with Crippen molar-refractivity contribution < 1.29 is 17.9 Å². The number of aromatic nitrogens is 1. The third kappa shape index (κ3) is 5.24. The Morgan fingerprint density at radius 2 is 1.88 bits per heavy atom. The number of fused-ring (bicyclic) bond motifs is 1. The minimum absolute atomic E-state index is 0.0311. The Morgan fingerprint density at radius 1 is 1.06 bits per heavy atom. The van der Waals surface area contributed by atoms with Crippen molar-refractivity contribution in [2.75, 3.05) is 19.5 Å². The summed E-state index contributed by atoms with van der Waals surface area (Å²) >= 11 is 7.31. The molecule has 0 fully saturated rings. The zero-order valence-electron chi connectivity index (χ0n) is 17.8. The minimum atomic E-state index is -4.53. The number of nitrogens with one attached hydrogen (secondary N) is 2. The van der Waals surface area contributed by atoms with E-state index >= 15 is 0 Å². The monoisotopic (exact) mass is 491 g/mol. The summed E-state index contributed by atoms with van der Waals surface area (Å²) in [5.74, 6) is 0.747. The van der Waals surface area contributed by atoms with Crippen LogP contribution in [0.3, 0.4) is 0 Å². The highest BCUT2D eigenvalue weighted by Gasteiger charge is 2.33. The number of hydrogen-bond acceptors (Lipinski definition) is 4. The van der Waals surface area contributed by atoms with E-state index in [1.165, 1.54) is 24.1 Å². The Kier molecular flexibility index (Phi) is 6.78. The molecule has 33 heavy (non-hydrogen) atoms. The van der Waals surface area contributed by atoms with Crippen molar-refractivity contribution in [1.29, 1.82) is 0 Å². The summed E-state index contributed by atoms with van der Waals surface area (Å²) in [6.07, 6.45) is -2.50. The van der Waals surface area contributed by atoms with Crippen LogP contribution < -0.4 is 15.4 Å². The molecule has 0 aliphatic carbocycles. The molecule has 4 nitrogen and oxygen atoms in total. The number of alkyl halides is 3. The predicted octanol–water partition coefficient (Wildman–Crippen LogP) is 7.34. The molecule has 1 aromatic heterocycles. The van der Waals surface area contributed by atoms with E-state index < -0.39 is 11.7 Å². The Hall–Kier alpha value is -2.81. The van der Waals surface area contributed by atoms with Gasteiger partial charge in [0.15, 0.2) is 0 Å². The fourth-order valence-corrected chi connectivity index (χ4v) is 4.67. The second-order valence-electron chi connectivity index (χ2n) is 7.33. The molecule has 4 rings (SSSR count). The number of hydrogen-bond donors (Lipinski definition) is 2. The van der Waals surface area contributed by atoms with Gasteiger partial charge in [-0.05, 0) is 73.1 Å². The van der Waals surface area contributed by atoms with Gasteiger partial charge in [-0.25, -0.2) is 0 Å². The first-order valence-corrected chi connectivity index (χ1v) is 11.2. The lowest BCUT2D eigenvalue weighted by Crippen LogP contribution is -2.08. The fraction of sp³-hybridized carbons (Fsp3) is 0.167. The number of anilines is 2. The first kappa shape index (κ1) is 23.4. The molecule has 172 valence electrons. The Bertz CT molecular complexity index is 1290. The van der Waals surface area contributed by atoms with Crippen molar-refractivity contribution in [2.45, 2.75) is 17.6 Å². The van der Waals surface area contributed by atoms with Gasteiger partial charge in [-0.15, -0.1) is 0 Å². The van der Waals surface area contributed by atoms with Crippen LogP contribution in [0.25, 0.3) is 10.9 Å². The van der Waals surface area contributed by atoms with Crippen molar-refractivity contribution in [1.82, 2.24) is 9.29 Å². The van der Waals surface area contributed by atoms with Crippen LogP contribution in [0.5, 0.6) is 5.75 Å². The summed E-state index contributed by atoms with van der Waals surface area (Å²) in [5.41, 5.74) is 1.63. The standard InChI is InChI=1S/C24H21ClF3N3OS/c1-29-13-15-14-31(33-19-5-3-4-18(12-19)32-2)23-11-17(7-8-20(15)23)30-22-9-6-16(25)10-21(22)24(26,27)28/h3-12,14,29-30H,13H2,1-2H3. The van der Waals surface area contributed by atoms with Gasteiger partial charge in [0.25, 0.3) is 0 Å². The van der Waals surface area contributed by atoms with Crippen LogP contribution in [0.2, 0.25) is 5.02 Å². The second-order valence-corrected chi connectivity index (χ2v) is 8.81. The van der Waals surface area contributed by atoms with Crippen molar-refractivity contribution >= 4 is 45.8 Å². The predicted molar refractivity (Wildman–Crippen MR) is 129 cm³/mol. The van der Waals surface area contributed by atoms with Gasteiger partial charge in [0.2, 0.25) is 0 Å². The zero-order chi connectivity index (χ0) is 23.6. The molecule has 2 N–H and O–H groups in total. The summed E-state index contributed by atoms with van der Waals surface area (Å²) in [7, 11) is 3.48. The minimum Gasteiger partial charge on any atom is -0.497 e. The average Bonchev–Trinajstić information content (AvgIpc) is 3.11. The Balaban J connectivity index is 1.74. The van der Waals surface area contributed by atoms with Crippen LogP contribution >= 0.6 is 23.5 Å². The number of rotatable bonds is 7. The van der Waals surface area contributed by atoms with Crippen LogP contribution in [0, 0.1) is 0 Å². The van der Waals surface area contributed by atoms with Crippen molar-refractivity contribution in [3.63, 3.8) is 0 Å².